The lowest BCUT2D eigenvalue weighted by Gasteiger charge is -2.29. The number of aromatic nitrogens is 4. The van der Waals surface area contributed by atoms with E-state index in [2.05, 4.69) is 39.2 Å². The number of nitrogens with one attached hydrogen (secondary N) is 1. The van der Waals surface area contributed by atoms with Crippen molar-refractivity contribution >= 4 is 39.4 Å². The molecule has 0 saturated carbocycles. The van der Waals surface area contributed by atoms with E-state index >= 15 is 0 Å². The first-order chi connectivity index (χ1) is 15.7. The summed E-state index contributed by atoms with van der Waals surface area (Å²) in [5.74, 6) is 3.14. The van der Waals surface area contributed by atoms with Crippen LogP contribution in [0.4, 0.5) is 17.6 Å². The highest BCUT2D eigenvalue weighted by atomic mass is 32.2. The molecule has 3 heterocycles. The first kappa shape index (κ1) is 22.3. The van der Waals surface area contributed by atoms with Crippen molar-refractivity contribution in [2.24, 2.45) is 0 Å². The van der Waals surface area contributed by atoms with Crippen LogP contribution >= 0.6 is 0 Å². The van der Waals surface area contributed by atoms with Gasteiger partial charge in [0.15, 0.2) is 11.6 Å². The molecule has 2 N–H and O–H groups in total. The second-order valence-corrected chi connectivity index (χ2v) is 9.35. The van der Waals surface area contributed by atoms with Gasteiger partial charge in [-0.15, -0.1) is 0 Å². The second-order valence-electron chi connectivity index (χ2n) is 7.65. The van der Waals surface area contributed by atoms with E-state index in [4.69, 9.17) is 9.97 Å². The lowest BCUT2D eigenvalue weighted by Crippen LogP contribution is -2.39. The maximum atomic E-state index is 11.9. The van der Waals surface area contributed by atoms with Gasteiger partial charge >= 0.3 is 0 Å². The van der Waals surface area contributed by atoms with Crippen molar-refractivity contribution in [2.45, 2.75) is 19.9 Å². The maximum Gasteiger partial charge on any atom is 0.228 e. The highest BCUT2D eigenvalue weighted by Gasteiger charge is 2.23. The van der Waals surface area contributed by atoms with E-state index in [9.17, 15) is 9.32 Å². The fraction of sp³-hybridized carbons (Fsp3) is 0.455. The van der Waals surface area contributed by atoms with Gasteiger partial charge in [0.25, 0.3) is 0 Å². The predicted octanol–water partition coefficient (Wildman–Crippen LogP) is 1.81. The molecule has 0 aliphatic carbocycles. The standard InChI is InChI=1S/C22H29N7O2S/c1-2-8-29(9-12-30)22-26-18-19(21(27-22)28-10-13-32(31)14-11-28)24-16-25-20(18)23-15-17-6-4-3-5-7-17/h3-7,16,30H,2,8-15H2,1H3,(H,23,24,25). The van der Waals surface area contributed by atoms with Crippen LogP contribution in [0.3, 0.4) is 0 Å². The fourth-order valence-electron chi connectivity index (χ4n) is 3.75. The third-order valence-corrected chi connectivity index (χ3v) is 6.65. The zero-order chi connectivity index (χ0) is 22.3. The SMILES string of the molecule is CCCN(CCO)c1nc(N2CCS(=O)CC2)c2ncnc(NCc3ccccc3)c2n1. The number of anilines is 3. The van der Waals surface area contributed by atoms with Gasteiger partial charge in [-0.05, 0) is 12.0 Å². The Morgan fingerprint density at radius 3 is 2.59 bits per heavy atom. The third kappa shape index (κ3) is 5.13. The molecule has 2 aromatic heterocycles. The molecule has 1 saturated heterocycles. The van der Waals surface area contributed by atoms with Crippen LogP contribution < -0.4 is 15.1 Å². The monoisotopic (exact) mass is 455 g/mol. The van der Waals surface area contributed by atoms with E-state index in [1.54, 1.807) is 0 Å². The second kappa shape index (κ2) is 10.6. The predicted molar refractivity (Wildman–Crippen MR) is 129 cm³/mol. The van der Waals surface area contributed by atoms with Gasteiger partial charge in [0.05, 0.1) is 6.61 Å². The third-order valence-electron chi connectivity index (χ3n) is 5.38. The Balaban J connectivity index is 1.76. The van der Waals surface area contributed by atoms with E-state index in [1.807, 2.05) is 23.1 Å². The highest BCUT2D eigenvalue weighted by Crippen LogP contribution is 2.29. The van der Waals surface area contributed by atoms with Crippen LogP contribution in [0.15, 0.2) is 36.7 Å². The largest absolute Gasteiger partial charge is 0.395 e. The minimum absolute atomic E-state index is 0.0177. The van der Waals surface area contributed by atoms with Crippen molar-refractivity contribution < 1.29 is 9.32 Å². The number of hydrogen-bond acceptors (Lipinski definition) is 9. The number of benzene rings is 1. The molecule has 1 aliphatic heterocycles. The average Bonchev–Trinajstić information content (AvgIpc) is 2.83. The molecular formula is C22H29N7O2S. The van der Waals surface area contributed by atoms with Crippen molar-refractivity contribution in [3.63, 3.8) is 0 Å². The van der Waals surface area contributed by atoms with Gasteiger partial charge in [-0.3, -0.25) is 4.21 Å². The zero-order valence-corrected chi connectivity index (χ0v) is 19.1. The Hall–Kier alpha value is -2.85. The van der Waals surface area contributed by atoms with Crippen LogP contribution in [0.1, 0.15) is 18.9 Å². The fourth-order valence-corrected chi connectivity index (χ4v) is 4.80. The van der Waals surface area contributed by atoms with Crippen molar-refractivity contribution in [2.75, 3.05) is 59.4 Å². The van der Waals surface area contributed by atoms with Crippen LogP contribution in [0, 0.1) is 0 Å². The van der Waals surface area contributed by atoms with Gasteiger partial charge in [0.2, 0.25) is 5.95 Å². The van der Waals surface area contributed by atoms with Crippen molar-refractivity contribution in [1.29, 1.82) is 0 Å². The Morgan fingerprint density at radius 2 is 1.88 bits per heavy atom. The molecule has 10 heteroatoms. The Bertz CT molecular complexity index is 1050. The molecule has 0 radical (unpaired) electrons. The summed E-state index contributed by atoms with van der Waals surface area (Å²) in [7, 11) is -0.791. The number of rotatable bonds is 9. The van der Waals surface area contributed by atoms with E-state index in [-0.39, 0.29) is 6.61 Å². The molecule has 1 fully saturated rings. The molecule has 0 amide bonds. The van der Waals surface area contributed by atoms with Gasteiger partial charge in [0, 0.05) is 55.0 Å². The quantitative estimate of drug-likeness (QED) is 0.499. The van der Waals surface area contributed by atoms with Crippen LogP contribution in [0.2, 0.25) is 0 Å². The number of hydrogen-bond donors (Lipinski definition) is 2. The highest BCUT2D eigenvalue weighted by molar-refractivity contribution is 7.85. The van der Waals surface area contributed by atoms with Crippen molar-refractivity contribution in [3.8, 4) is 0 Å². The lowest BCUT2D eigenvalue weighted by molar-refractivity contribution is 0.301. The molecule has 9 nitrogen and oxygen atoms in total. The zero-order valence-electron chi connectivity index (χ0n) is 18.3. The molecule has 3 aromatic rings. The van der Waals surface area contributed by atoms with Gasteiger partial charge in [-0.1, -0.05) is 37.3 Å². The van der Waals surface area contributed by atoms with E-state index in [0.29, 0.717) is 60.5 Å². The summed E-state index contributed by atoms with van der Waals surface area (Å²) in [6.07, 6.45) is 2.44. The van der Waals surface area contributed by atoms with Crippen LogP contribution in [0.25, 0.3) is 11.0 Å². The van der Waals surface area contributed by atoms with Gasteiger partial charge in [0.1, 0.15) is 17.4 Å². The normalized spacial score (nSPS) is 14.6. The number of aliphatic hydroxyl groups is 1. The number of fused-ring (bicyclic) bond motifs is 1. The Kier molecular flexibility index (Phi) is 7.43. The number of aliphatic hydroxyl groups excluding tert-OH is 1. The molecule has 4 rings (SSSR count). The summed E-state index contributed by atoms with van der Waals surface area (Å²) >= 11 is 0. The average molecular weight is 456 g/mol. The number of nitrogens with zero attached hydrogens (tertiary/aromatic N) is 6. The molecule has 1 aliphatic rings. The summed E-state index contributed by atoms with van der Waals surface area (Å²) in [6, 6.07) is 10.1. The smallest absolute Gasteiger partial charge is 0.228 e. The summed E-state index contributed by atoms with van der Waals surface area (Å²) in [5.41, 5.74) is 2.46. The van der Waals surface area contributed by atoms with Crippen LogP contribution in [0.5, 0.6) is 0 Å². The summed E-state index contributed by atoms with van der Waals surface area (Å²) in [5, 5.41) is 13.0. The van der Waals surface area contributed by atoms with Crippen LogP contribution in [-0.2, 0) is 17.3 Å². The van der Waals surface area contributed by atoms with Gasteiger partial charge < -0.3 is 20.2 Å². The molecule has 0 unspecified atom stereocenters. The van der Waals surface area contributed by atoms with E-state index in [1.165, 1.54) is 6.33 Å². The van der Waals surface area contributed by atoms with Gasteiger partial charge in [-0.25, -0.2) is 15.0 Å². The molecule has 170 valence electrons. The summed E-state index contributed by atoms with van der Waals surface area (Å²) < 4.78 is 11.9. The molecule has 0 spiro atoms. The minimum atomic E-state index is -0.791. The van der Waals surface area contributed by atoms with E-state index in [0.717, 1.165) is 24.3 Å². The molecule has 0 atom stereocenters. The topological polar surface area (TPSA) is 107 Å². The first-order valence-electron chi connectivity index (χ1n) is 11.0. The Labute approximate surface area is 190 Å². The summed E-state index contributed by atoms with van der Waals surface area (Å²) in [6.45, 7) is 5.20. The van der Waals surface area contributed by atoms with E-state index < -0.39 is 10.8 Å². The maximum absolute atomic E-state index is 11.9. The molecule has 0 bridgehead atoms. The van der Waals surface area contributed by atoms with Crippen LogP contribution in [-0.4, -0.2) is 73.5 Å². The molecule has 1 aromatic carbocycles. The minimum Gasteiger partial charge on any atom is -0.395 e. The summed E-state index contributed by atoms with van der Waals surface area (Å²) in [4.78, 5) is 22.8. The van der Waals surface area contributed by atoms with Crippen molar-refractivity contribution in [1.82, 2.24) is 19.9 Å². The molecule has 32 heavy (non-hydrogen) atoms. The van der Waals surface area contributed by atoms with Crippen molar-refractivity contribution in [3.05, 3.63) is 42.2 Å². The first-order valence-corrected chi connectivity index (χ1v) is 12.4. The Morgan fingerprint density at radius 1 is 1.09 bits per heavy atom. The molecular weight excluding hydrogens is 426 g/mol. The van der Waals surface area contributed by atoms with Gasteiger partial charge in [-0.2, -0.15) is 4.98 Å². The lowest BCUT2D eigenvalue weighted by atomic mass is 10.2.